The fraction of sp³-hybridized carbons (Fsp3) is 0.588. The first kappa shape index (κ1) is 12.7. The summed E-state index contributed by atoms with van der Waals surface area (Å²) in [4.78, 5) is 12.0. The molecule has 0 saturated heterocycles. The average Bonchev–Trinajstić information content (AvgIpc) is 3.00. The zero-order valence-corrected chi connectivity index (χ0v) is 11.7. The highest BCUT2D eigenvalue weighted by atomic mass is 16.1. The van der Waals surface area contributed by atoms with Gasteiger partial charge in [0.1, 0.15) is 0 Å². The monoisotopic (exact) mass is 257 g/mol. The summed E-state index contributed by atoms with van der Waals surface area (Å²) >= 11 is 0. The third-order valence-corrected chi connectivity index (χ3v) is 5.07. The number of rotatable bonds is 4. The summed E-state index contributed by atoms with van der Waals surface area (Å²) in [5, 5.41) is 3.09. The smallest absolute Gasteiger partial charge is 0.220 e. The van der Waals surface area contributed by atoms with Crippen molar-refractivity contribution in [2.75, 3.05) is 0 Å². The molecule has 0 heterocycles. The van der Waals surface area contributed by atoms with Crippen molar-refractivity contribution in [1.82, 2.24) is 5.32 Å². The lowest BCUT2D eigenvalue weighted by molar-refractivity contribution is -0.122. The van der Waals surface area contributed by atoms with Gasteiger partial charge in [-0.2, -0.15) is 0 Å². The summed E-state index contributed by atoms with van der Waals surface area (Å²) in [5.74, 6) is 2.67. The van der Waals surface area contributed by atoms with Gasteiger partial charge >= 0.3 is 0 Å². The van der Waals surface area contributed by atoms with Crippen molar-refractivity contribution in [2.45, 2.75) is 45.6 Å². The van der Waals surface area contributed by atoms with Crippen LogP contribution in [0, 0.1) is 24.7 Å². The number of aryl methyl sites for hydroxylation is 1. The number of hydrogen-bond acceptors (Lipinski definition) is 1. The van der Waals surface area contributed by atoms with Crippen LogP contribution in [0.2, 0.25) is 0 Å². The van der Waals surface area contributed by atoms with Crippen LogP contribution in [0.25, 0.3) is 0 Å². The lowest BCUT2D eigenvalue weighted by atomic mass is 9.86. The number of amides is 1. The maximum Gasteiger partial charge on any atom is 0.220 e. The van der Waals surface area contributed by atoms with E-state index in [4.69, 9.17) is 0 Å². The number of carbonyl (C=O) groups is 1. The van der Waals surface area contributed by atoms with Gasteiger partial charge in [-0.1, -0.05) is 30.7 Å². The molecule has 2 heteroatoms. The van der Waals surface area contributed by atoms with Crippen LogP contribution in [0.5, 0.6) is 0 Å². The molecule has 3 atom stereocenters. The molecule has 0 aromatic heterocycles. The molecule has 1 aromatic rings. The molecule has 2 fully saturated rings. The van der Waals surface area contributed by atoms with E-state index in [9.17, 15) is 4.79 Å². The second kappa shape index (κ2) is 5.36. The van der Waals surface area contributed by atoms with Crippen LogP contribution in [0.3, 0.4) is 0 Å². The van der Waals surface area contributed by atoms with E-state index in [0.717, 1.165) is 18.3 Å². The fourth-order valence-electron chi connectivity index (χ4n) is 3.94. The molecule has 1 aromatic carbocycles. The van der Waals surface area contributed by atoms with E-state index in [1.807, 2.05) is 12.1 Å². The Morgan fingerprint density at radius 1 is 1.26 bits per heavy atom. The number of nitrogens with one attached hydrogen (secondary N) is 1. The van der Waals surface area contributed by atoms with Gasteiger partial charge in [-0.15, -0.1) is 0 Å². The second-order valence-corrected chi connectivity index (χ2v) is 6.34. The van der Waals surface area contributed by atoms with E-state index in [0.29, 0.717) is 12.5 Å². The van der Waals surface area contributed by atoms with Gasteiger partial charge in [0.25, 0.3) is 0 Å². The first-order valence-corrected chi connectivity index (χ1v) is 7.53. The number of hydrogen-bond donors (Lipinski definition) is 1. The van der Waals surface area contributed by atoms with Crippen molar-refractivity contribution in [2.24, 2.45) is 17.8 Å². The second-order valence-electron chi connectivity index (χ2n) is 6.34. The number of carbonyl (C=O) groups excluding carboxylic acids is 1. The predicted octanol–water partition coefficient (Wildman–Crippen LogP) is 3.44. The van der Waals surface area contributed by atoms with Gasteiger partial charge in [-0.25, -0.2) is 0 Å². The first-order valence-electron chi connectivity index (χ1n) is 7.53. The summed E-state index contributed by atoms with van der Waals surface area (Å²) in [7, 11) is 0. The van der Waals surface area contributed by atoms with Gasteiger partial charge in [0.15, 0.2) is 0 Å². The van der Waals surface area contributed by atoms with Gasteiger partial charge in [0.2, 0.25) is 5.91 Å². The van der Waals surface area contributed by atoms with Crippen molar-refractivity contribution in [3.63, 3.8) is 0 Å². The first-order chi connectivity index (χ1) is 9.22. The summed E-state index contributed by atoms with van der Waals surface area (Å²) in [5.41, 5.74) is 2.48. The minimum absolute atomic E-state index is 0.237. The largest absolute Gasteiger partial charge is 0.352 e. The average molecular weight is 257 g/mol. The Labute approximate surface area is 115 Å². The standard InChI is InChI=1S/C17H23NO/c1-12-4-2-3-5-15(12)11-18-17(19)10-16-9-13-6-7-14(16)8-13/h2-5,13-14,16H,6-11H2,1H3,(H,18,19)/t13-,14+,16-/m0/s1. The zero-order valence-electron chi connectivity index (χ0n) is 11.7. The molecule has 1 N–H and O–H groups in total. The maximum atomic E-state index is 12.0. The Balaban J connectivity index is 1.48. The Kier molecular flexibility index (Phi) is 3.58. The highest BCUT2D eigenvalue weighted by molar-refractivity contribution is 5.76. The van der Waals surface area contributed by atoms with Gasteiger partial charge in [-0.3, -0.25) is 4.79 Å². The van der Waals surface area contributed by atoms with Crippen LogP contribution in [0.1, 0.15) is 43.2 Å². The molecular formula is C17H23NO. The van der Waals surface area contributed by atoms with E-state index in [1.54, 1.807) is 0 Å². The molecule has 1 amide bonds. The van der Waals surface area contributed by atoms with E-state index in [2.05, 4.69) is 24.4 Å². The normalized spacial score (nSPS) is 28.6. The summed E-state index contributed by atoms with van der Waals surface area (Å²) < 4.78 is 0. The number of benzene rings is 1. The Morgan fingerprint density at radius 3 is 2.79 bits per heavy atom. The SMILES string of the molecule is Cc1ccccc1CNC(=O)C[C@@H]1C[C@H]2CC[C@@H]1C2. The maximum absolute atomic E-state index is 12.0. The molecule has 0 spiro atoms. The molecular weight excluding hydrogens is 234 g/mol. The van der Waals surface area contributed by atoms with Crippen LogP contribution in [-0.2, 0) is 11.3 Å². The van der Waals surface area contributed by atoms with Crippen molar-refractivity contribution in [3.8, 4) is 0 Å². The van der Waals surface area contributed by atoms with Gasteiger partial charge in [-0.05, 0) is 55.1 Å². The van der Waals surface area contributed by atoms with Crippen LogP contribution in [0.15, 0.2) is 24.3 Å². The van der Waals surface area contributed by atoms with Gasteiger partial charge in [0, 0.05) is 13.0 Å². The van der Waals surface area contributed by atoms with Crippen LogP contribution >= 0.6 is 0 Å². The molecule has 2 aliphatic rings. The molecule has 0 unspecified atom stereocenters. The van der Waals surface area contributed by atoms with Crippen molar-refractivity contribution >= 4 is 5.91 Å². The van der Waals surface area contributed by atoms with E-state index < -0.39 is 0 Å². The van der Waals surface area contributed by atoms with Crippen molar-refractivity contribution in [3.05, 3.63) is 35.4 Å². The minimum atomic E-state index is 0.237. The molecule has 2 saturated carbocycles. The Bertz CT molecular complexity index is 468. The molecule has 19 heavy (non-hydrogen) atoms. The molecule has 3 rings (SSSR count). The topological polar surface area (TPSA) is 29.1 Å². The Hall–Kier alpha value is -1.31. The molecule has 0 aliphatic heterocycles. The van der Waals surface area contributed by atoms with Crippen LogP contribution in [-0.4, -0.2) is 5.91 Å². The Morgan fingerprint density at radius 2 is 2.11 bits per heavy atom. The number of fused-ring (bicyclic) bond motifs is 2. The highest BCUT2D eigenvalue weighted by Gasteiger charge is 2.39. The molecule has 102 valence electrons. The minimum Gasteiger partial charge on any atom is -0.352 e. The van der Waals surface area contributed by atoms with Gasteiger partial charge in [0.05, 0.1) is 0 Å². The molecule has 2 nitrogen and oxygen atoms in total. The molecule has 2 aliphatic carbocycles. The van der Waals surface area contributed by atoms with Gasteiger partial charge < -0.3 is 5.32 Å². The lowest BCUT2D eigenvalue weighted by Crippen LogP contribution is -2.27. The summed E-state index contributed by atoms with van der Waals surface area (Å²) in [6, 6.07) is 8.25. The fourth-order valence-corrected chi connectivity index (χ4v) is 3.94. The molecule has 0 radical (unpaired) electrons. The molecule has 2 bridgehead atoms. The van der Waals surface area contributed by atoms with Crippen molar-refractivity contribution in [1.29, 1.82) is 0 Å². The quantitative estimate of drug-likeness (QED) is 0.879. The van der Waals surface area contributed by atoms with Crippen LogP contribution < -0.4 is 5.32 Å². The highest BCUT2D eigenvalue weighted by Crippen LogP contribution is 2.49. The van der Waals surface area contributed by atoms with E-state index >= 15 is 0 Å². The van der Waals surface area contributed by atoms with E-state index in [1.165, 1.54) is 36.8 Å². The summed E-state index contributed by atoms with van der Waals surface area (Å²) in [6.45, 7) is 2.77. The summed E-state index contributed by atoms with van der Waals surface area (Å²) in [6.07, 6.45) is 6.19. The lowest BCUT2D eigenvalue weighted by Gasteiger charge is -2.21. The third kappa shape index (κ3) is 2.83. The van der Waals surface area contributed by atoms with Crippen LogP contribution in [0.4, 0.5) is 0 Å². The van der Waals surface area contributed by atoms with E-state index in [-0.39, 0.29) is 5.91 Å². The predicted molar refractivity (Wildman–Crippen MR) is 76.6 cm³/mol. The van der Waals surface area contributed by atoms with Crippen molar-refractivity contribution < 1.29 is 4.79 Å². The third-order valence-electron chi connectivity index (χ3n) is 5.07. The zero-order chi connectivity index (χ0) is 13.2.